The number of thioether (sulfide) groups is 1. The zero-order valence-corrected chi connectivity index (χ0v) is 21.5. The minimum atomic E-state index is -0.470. The largest absolute Gasteiger partial charge is 0.497 e. The maximum atomic E-state index is 12.6. The Morgan fingerprint density at radius 3 is 2.35 bits per heavy atom. The van der Waals surface area contributed by atoms with Gasteiger partial charge in [-0.25, -0.2) is 4.98 Å². The van der Waals surface area contributed by atoms with Crippen molar-refractivity contribution in [3.05, 3.63) is 93.8 Å². The van der Waals surface area contributed by atoms with Crippen LogP contribution in [0, 0.1) is 11.3 Å². The lowest BCUT2D eigenvalue weighted by molar-refractivity contribution is 0.393. The summed E-state index contributed by atoms with van der Waals surface area (Å²) in [6.07, 6.45) is 0. The summed E-state index contributed by atoms with van der Waals surface area (Å²) in [5, 5.41) is 13.4. The van der Waals surface area contributed by atoms with Gasteiger partial charge in [0.25, 0.3) is 5.56 Å². The van der Waals surface area contributed by atoms with Crippen molar-refractivity contribution in [2.45, 2.75) is 17.5 Å². The normalized spacial score (nSPS) is 10.4. The van der Waals surface area contributed by atoms with Crippen LogP contribution in [-0.2, 0) is 12.3 Å². The molecule has 0 saturated carbocycles. The van der Waals surface area contributed by atoms with Gasteiger partial charge in [0.15, 0.2) is 5.16 Å². The summed E-state index contributed by atoms with van der Waals surface area (Å²) in [5.74, 6) is 2.67. The third kappa shape index (κ3) is 6.42. The minimum absolute atomic E-state index is 0.0297. The molecule has 0 bridgehead atoms. The highest BCUT2D eigenvalue weighted by Crippen LogP contribution is 2.27. The number of nitrogens with one attached hydrogen (secondary N) is 2. The molecule has 0 saturated heterocycles. The van der Waals surface area contributed by atoms with Crippen LogP contribution in [0.4, 0.5) is 5.69 Å². The molecule has 188 valence electrons. The smallest absolute Gasteiger partial charge is 0.270 e. The summed E-state index contributed by atoms with van der Waals surface area (Å²) in [5.41, 5.74) is 3.51. The Morgan fingerprint density at radius 2 is 1.65 bits per heavy atom. The van der Waals surface area contributed by atoms with Gasteiger partial charge in [-0.1, -0.05) is 36.0 Å². The van der Waals surface area contributed by atoms with Crippen LogP contribution in [0.1, 0.15) is 16.7 Å². The molecule has 1 heterocycles. The maximum absolute atomic E-state index is 12.6. The van der Waals surface area contributed by atoms with Gasteiger partial charge in [0.1, 0.15) is 28.9 Å². The SMILES string of the molecule is COc1cc(CNc2cccc(CSc3nc(-c4cccc(OC)c4)c(C#N)c(=O)[nH]3)c2)cc(OC)c1. The highest BCUT2D eigenvalue weighted by Gasteiger charge is 2.14. The van der Waals surface area contributed by atoms with E-state index in [0.717, 1.165) is 28.3 Å². The molecular formula is C28H26N4O4S. The molecule has 2 N–H and O–H groups in total. The van der Waals surface area contributed by atoms with Crippen LogP contribution >= 0.6 is 11.8 Å². The molecule has 0 aliphatic heterocycles. The Kier molecular flexibility index (Phi) is 8.33. The summed E-state index contributed by atoms with van der Waals surface area (Å²) in [7, 11) is 4.82. The number of ether oxygens (including phenoxy) is 3. The van der Waals surface area contributed by atoms with Gasteiger partial charge in [-0.3, -0.25) is 4.79 Å². The van der Waals surface area contributed by atoms with Crippen LogP contribution in [0.15, 0.2) is 76.7 Å². The molecule has 9 heteroatoms. The minimum Gasteiger partial charge on any atom is -0.497 e. The van der Waals surface area contributed by atoms with Crippen molar-refractivity contribution in [1.82, 2.24) is 9.97 Å². The van der Waals surface area contributed by atoms with Crippen molar-refractivity contribution in [1.29, 1.82) is 5.26 Å². The van der Waals surface area contributed by atoms with Crippen LogP contribution in [-0.4, -0.2) is 31.3 Å². The van der Waals surface area contributed by atoms with Crippen LogP contribution in [0.3, 0.4) is 0 Å². The summed E-state index contributed by atoms with van der Waals surface area (Å²) < 4.78 is 16.0. The fourth-order valence-electron chi connectivity index (χ4n) is 3.70. The molecule has 0 aliphatic carbocycles. The van der Waals surface area contributed by atoms with Gasteiger partial charge < -0.3 is 24.5 Å². The van der Waals surface area contributed by atoms with E-state index in [2.05, 4.69) is 21.4 Å². The first-order valence-corrected chi connectivity index (χ1v) is 12.4. The van der Waals surface area contributed by atoms with Gasteiger partial charge in [-0.2, -0.15) is 5.26 Å². The van der Waals surface area contributed by atoms with E-state index >= 15 is 0 Å². The molecule has 4 aromatic rings. The van der Waals surface area contributed by atoms with E-state index in [1.54, 1.807) is 45.6 Å². The second kappa shape index (κ2) is 12.0. The van der Waals surface area contributed by atoms with Crippen molar-refractivity contribution >= 4 is 17.4 Å². The van der Waals surface area contributed by atoms with Crippen molar-refractivity contribution in [2.75, 3.05) is 26.6 Å². The van der Waals surface area contributed by atoms with E-state index in [1.807, 2.05) is 42.5 Å². The fourth-order valence-corrected chi connectivity index (χ4v) is 4.50. The highest BCUT2D eigenvalue weighted by atomic mass is 32.2. The molecule has 1 aromatic heterocycles. The molecule has 37 heavy (non-hydrogen) atoms. The number of hydrogen-bond acceptors (Lipinski definition) is 8. The van der Waals surface area contributed by atoms with Gasteiger partial charge in [0.2, 0.25) is 0 Å². The lowest BCUT2D eigenvalue weighted by atomic mass is 10.1. The number of anilines is 1. The second-order valence-corrected chi connectivity index (χ2v) is 8.97. The average Bonchev–Trinajstić information content (AvgIpc) is 2.94. The standard InChI is InChI=1S/C28H26N4O4S/c1-34-22-9-5-7-20(13-22)26-25(15-29)27(33)32-28(31-26)37-17-18-6-4-8-21(10-18)30-16-19-11-23(35-2)14-24(12-19)36-3/h4-14,30H,16-17H2,1-3H3,(H,31,32,33). The Balaban J connectivity index is 1.49. The molecule has 3 aromatic carbocycles. The molecule has 8 nitrogen and oxygen atoms in total. The van der Waals surface area contributed by atoms with Gasteiger partial charge in [-0.15, -0.1) is 0 Å². The van der Waals surface area contributed by atoms with Gasteiger partial charge >= 0.3 is 0 Å². The quantitative estimate of drug-likeness (QED) is 0.218. The molecule has 0 atom stereocenters. The number of methoxy groups -OCH3 is 3. The Bertz CT molecular complexity index is 1470. The Hall–Kier alpha value is -4.42. The van der Waals surface area contributed by atoms with Crippen molar-refractivity contribution in [3.63, 3.8) is 0 Å². The number of H-pyrrole nitrogens is 1. The second-order valence-electron chi connectivity index (χ2n) is 8.00. The molecular weight excluding hydrogens is 488 g/mol. The van der Waals surface area contributed by atoms with E-state index in [1.165, 1.54) is 11.8 Å². The first kappa shape index (κ1) is 25.7. The number of nitrogens with zero attached hydrogens (tertiary/aromatic N) is 2. The first-order valence-electron chi connectivity index (χ1n) is 11.4. The molecule has 4 rings (SSSR count). The monoisotopic (exact) mass is 514 g/mol. The molecule has 0 spiro atoms. The number of nitriles is 1. The number of rotatable bonds is 10. The van der Waals surface area contributed by atoms with E-state index in [4.69, 9.17) is 14.2 Å². The Labute approximate surface area is 219 Å². The molecule has 0 radical (unpaired) electrons. The van der Waals surface area contributed by atoms with Crippen molar-refractivity contribution in [3.8, 4) is 34.6 Å². The predicted octanol–water partition coefficient (Wildman–Crippen LogP) is 5.24. The topological polar surface area (TPSA) is 109 Å². The molecule has 0 aliphatic rings. The summed E-state index contributed by atoms with van der Waals surface area (Å²) in [4.78, 5) is 19.9. The number of benzene rings is 3. The number of hydrogen-bond donors (Lipinski definition) is 2. The third-order valence-corrected chi connectivity index (χ3v) is 6.51. The Morgan fingerprint density at radius 1 is 0.919 bits per heavy atom. The van der Waals surface area contributed by atoms with E-state index < -0.39 is 5.56 Å². The number of aromatic amines is 1. The third-order valence-electron chi connectivity index (χ3n) is 5.56. The van der Waals surface area contributed by atoms with E-state index in [0.29, 0.717) is 34.5 Å². The highest BCUT2D eigenvalue weighted by molar-refractivity contribution is 7.98. The number of aromatic nitrogens is 2. The lowest BCUT2D eigenvalue weighted by Crippen LogP contribution is -2.14. The summed E-state index contributed by atoms with van der Waals surface area (Å²) in [6.45, 7) is 0.596. The van der Waals surface area contributed by atoms with E-state index in [9.17, 15) is 10.1 Å². The summed E-state index contributed by atoms with van der Waals surface area (Å²) in [6, 6.07) is 22.9. The van der Waals surface area contributed by atoms with Crippen LogP contribution in [0.25, 0.3) is 11.3 Å². The van der Waals surface area contributed by atoms with Crippen LogP contribution < -0.4 is 25.1 Å². The predicted molar refractivity (Wildman–Crippen MR) is 144 cm³/mol. The van der Waals surface area contributed by atoms with Crippen LogP contribution in [0.5, 0.6) is 17.2 Å². The molecule has 0 unspecified atom stereocenters. The lowest BCUT2D eigenvalue weighted by Gasteiger charge is -2.11. The average molecular weight is 515 g/mol. The zero-order valence-electron chi connectivity index (χ0n) is 20.7. The van der Waals surface area contributed by atoms with Crippen molar-refractivity contribution < 1.29 is 14.2 Å². The van der Waals surface area contributed by atoms with Gasteiger partial charge in [0.05, 0.1) is 27.0 Å². The van der Waals surface area contributed by atoms with Crippen molar-refractivity contribution in [2.24, 2.45) is 0 Å². The van der Waals surface area contributed by atoms with Crippen LogP contribution in [0.2, 0.25) is 0 Å². The first-order chi connectivity index (χ1) is 18.0. The van der Waals surface area contributed by atoms with Gasteiger partial charge in [0, 0.05) is 29.6 Å². The fraction of sp³-hybridized carbons (Fsp3) is 0.179. The maximum Gasteiger partial charge on any atom is 0.270 e. The zero-order chi connectivity index (χ0) is 26.2. The van der Waals surface area contributed by atoms with E-state index in [-0.39, 0.29) is 5.56 Å². The van der Waals surface area contributed by atoms with Gasteiger partial charge in [-0.05, 0) is 47.5 Å². The molecule has 0 fully saturated rings. The molecule has 0 amide bonds. The summed E-state index contributed by atoms with van der Waals surface area (Å²) >= 11 is 1.39.